The Labute approximate surface area is 132 Å². The molecule has 23 heavy (non-hydrogen) atoms. The van der Waals surface area contributed by atoms with Crippen LogP contribution < -0.4 is 0 Å². The first-order chi connectivity index (χ1) is 10.9. The van der Waals surface area contributed by atoms with E-state index in [1.807, 2.05) is 7.05 Å². The van der Waals surface area contributed by atoms with Crippen molar-refractivity contribution in [2.75, 3.05) is 39.9 Å². The Balaban J connectivity index is 1.73. The summed E-state index contributed by atoms with van der Waals surface area (Å²) in [5.74, 6) is -4.03. The molecule has 0 unspecified atom stereocenters. The maximum Gasteiger partial charge on any atom is 0.227 e. The van der Waals surface area contributed by atoms with Crippen LogP contribution in [0.1, 0.15) is 5.56 Å². The number of likely N-dealkylation sites (N-methyl/N-ethyl adjacent to an activating group) is 1. The molecule has 2 fully saturated rings. The molecule has 0 aromatic heterocycles. The van der Waals surface area contributed by atoms with Crippen molar-refractivity contribution >= 4 is 5.91 Å². The van der Waals surface area contributed by atoms with Crippen LogP contribution in [0.15, 0.2) is 12.1 Å². The highest BCUT2D eigenvalue weighted by Crippen LogP contribution is 2.20. The highest BCUT2D eigenvalue weighted by molar-refractivity contribution is 5.79. The van der Waals surface area contributed by atoms with Crippen molar-refractivity contribution in [3.63, 3.8) is 0 Å². The van der Waals surface area contributed by atoms with E-state index in [0.29, 0.717) is 26.3 Å². The fourth-order valence-corrected chi connectivity index (χ4v) is 3.25. The summed E-state index contributed by atoms with van der Waals surface area (Å²) in [6.07, 6.45) is -0.141. The van der Waals surface area contributed by atoms with E-state index in [1.54, 1.807) is 4.90 Å². The molecule has 0 N–H and O–H groups in total. The average Bonchev–Trinajstić information content (AvgIpc) is 2.73. The summed E-state index contributed by atoms with van der Waals surface area (Å²) in [7, 11) is 2.01. The van der Waals surface area contributed by atoms with Gasteiger partial charge in [-0.15, -0.1) is 0 Å². The highest BCUT2D eigenvalue weighted by Gasteiger charge is 2.33. The molecule has 2 atom stereocenters. The van der Waals surface area contributed by atoms with Crippen molar-refractivity contribution in [3.05, 3.63) is 35.1 Å². The standard InChI is InChI=1S/C16H19F3N2O2/c1-20-5-11-6-21(7-12(20)9-23-8-11)15(22)4-10-2-13(17)16(19)14(18)3-10/h2-3,11-12H,4-9H2,1H3/t11-,12+/m1/s1. The maximum absolute atomic E-state index is 13.3. The average molecular weight is 328 g/mol. The lowest BCUT2D eigenvalue weighted by Crippen LogP contribution is -2.45. The van der Waals surface area contributed by atoms with E-state index in [4.69, 9.17) is 4.74 Å². The minimum absolute atomic E-state index is 0.119. The third-order valence-electron chi connectivity index (χ3n) is 4.49. The lowest BCUT2D eigenvalue weighted by Gasteiger charge is -2.29. The van der Waals surface area contributed by atoms with Crippen molar-refractivity contribution in [2.24, 2.45) is 5.92 Å². The molecule has 2 heterocycles. The van der Waals surface area contributed by atoms with Crippen molar-refractivity contribution in [1.29, 1.82) is 0 Å². The summed E-state index contributed by atoms with van der Waals surface area (Å²) in [4.78, 5) is 16.4. The molecule has 1 amide bonds. The van der Waals surface area contributed by atoms with Crippen molar-refractivity contribution < 1.29 is 22.7 Å². The summed E-state index contributed by atoms with van der Waals surface area (Å²) >= 11 is 0. The van der Waals surface area contributed by atoms with E-state index in [1.165, 1.54) is 0 Å². The Bertz CT molecular complexity index is 588. The van der Waals surface area contributed by atoms with Gasteiger partial charge in [-0.2, -0.15) is 0 Å². The Morgan fingerprint density at radius 1 is 1.17 bits per heavy atom. The van der Waals surface area contributed by atoms with Gasteiger partial charge in [-0.05, 0) is 24.7 Å². The number of nitrogens with zero attached hydrogens (tertiary/aromatic N) is 2. The number of carbonyl (C=O) groups excluding carboxylic acids is 1. The van der Waals surface area contributed by atoms with Gasteiger partial charge in [-0.25, -0.2) is 13.2 Å². The van der Waals surface area contributed by atoms with Crippen LogP contribution in [0.5, 0.6) is 0 Å². The molecule has 7 heteroatoms. The third-order valence-corrected chi connectivity index (χ3v) is 4.49. The SMILES string of the molecule is CN1C[C@H]2COC[C@@H]1CN(C(=O)Cc1cc(F)c(F)c(F)c1)C2. The summed E-state index contributed by atoms with van der Waals surface area (Å²) in [6, 6.07) is 1.88. The molecule has 2 bridgehead atoms. The van der Waals surface area contributed by atoms with Gasteiger partial charge in [0.15, 0.2) is 17.5 Å². The van der Waals surface area contributed by atoms with Gasteiger partial charge in [0.2, 0.25) is 5.91 Å². The van der Waals surface area contributed by atoms with Crippen LogP contribution in [0, 0.1) is 23.4 Å². The van der Waals surface area contributed by atoms with Crippen molar-refractivity contribution in [2.45, 2.75) is 12.5 Å². The molecule has 0 aliphatic carbocycles. The van der Waals surface area contributed by atoms with Gasteiger partial charge in [-0.1, -0.05) is 0 Å². The predicted molar refractivity (Wildman–Crippen MR) is 77.3 cm³/mol. The molecule has 2 aliphatic heterocycles. The number of hydrogen-bond acceptors (Lipinski definition) is 3. The van der Waals surface area contributed by atoms with E-state index in [0.717, 1.165) is 18.7 Å². The van der Waals surface area contributed by atoms with Crippen LogP contribution in [0.4, 0.5) is 13.2 Å². The van der Waals surface area contributed by atoms with E-state index >= 15 is 0 Å². The van der Waals surface area contributed by atoms with Crippen LogP contribution >= 0.6 is 0 Å². The first-order valence-corrected chi connectivity index (χ1v) is 7.63. The monoisotopic (exact) mass is 328 g/mol. The largest absolute Gasteiger partial charge is 0.379 e. The molecule has 4 nitrogen and oxygen atoms in total. The highest BCUT2D eigenvalue weighted by atomic mass is 19.2. The van der Waals surface area contributed by atoms with Gasteiger partial charge in [0.25, 0.3) is 0 Å². The number of carbonyl (C=O) groups is 1. The Morgan fingerprint density at radius 3 is 2.57 bits per heavy atom. The zero-order valence-corrected chi connectivity index (χ0v) is 12.9. The van der Waals surface area contributed by atoms with E-state index in [2.05, 4.69) is 4.90 Å². The van der Waals surface area contributed by atoms with Crippen LogP contribution in [0.3, 0.4) is 0 Å². The summed E-state index contributed by atoms with van der Waals surface area (Å²) < 4.78 is 45.1. The van der Waals surface area contributed by atoms with E-state index in [-0.39, 0.29) is 29.9 Å². The van der Waals surface area contributed by atoms with Crippen LogP contribution in [0.25, 0.3) is 0 Å². The molecule has 2 aliphatic rings. The van der Waals surface area contributed by atoms with Gasteiger partial charge >= 0.3 is 0 Å². The third kappa shape index (κ3) is 3.50. The van der Waals surface area contributed by atoms with Crippen LogP contribution in [0.2, 0.25) is 0 Å². The van der Waals surface area contributed by atoms with Gasteiger partial charge in [0.05, 0.1) is 25.7 Å². The summed E-state index contributed by atoms with van der Waals surface area (Å²) in [5.41, 5.74) is 0.144. The smallest absolute Gasteiger partial charge is 0.227 e. The molecule has 1 aromatic carbocycles. The van der Waals surface area contributed by atoms with Crippen LogP contribution in [-0.4, -0.2) is 61.6 Å². The lowest BCUT2D eigenvalue weighted by molar-refractivity contribution is -0.132. The van der Waals surface area contributed by atoms with Gasteiger partial charge in [-0.3, -0.25) is 9.69 Å². The number of rotatable bonds is 2. The number of ether oxygens (including phenoxy) is 1. The minimum Gasteiger partial charge on any atom is -0.379 e. The van der Waals surface area contributed by atoms with E-state index in [9.17, 15) is 18.0 Å². The number of amides is 1. The molecular weight excluding hydrogens is 309 g/mol. The fraction of sp³-hybridized carbons (Fsp3) is 0.562. The fourth-order valence-electron chi connectivity index (χ4n) is 3.25. The van der Waals surface area contributed by atoms with Crippen molar-refractivity contribution in [1.82, 2.24) is 9.80 Å². The second kappa shape index (κ2) is 6.49. The Hall–Kier alpha value is -1.60. The molecular formula is C16H19F3N2O2. The molecule has 2 saturated heterocycles. The predicted octanol–water partition coefficient (Wildman–Crippen LogP) is 1.44. The Kier molecular flexibility index (Phi) is 4.59. The number of hydrogen-bond donors (Lipinski definition) is 0. The Morgan fingerprint density at radius 2 is 1.87 bits per heavy atom. The summed E-state index contributed by atoms with van der Waals surface area (Å²) in [5, 5.41) is 0. The minimum atomic E-state index is -1.51. The molecule has 0 spiro atoms. The second-order valence-electron chi connectivity index (χ2n) is 6.35. The molecule has 3 rings (SSSR count). The van der Waals surface area contributed by atoms with Crippen molar-refractivity contribution in [3.8, 4) is 0 Å². The first-order valence-electron chi connectivity index (χ1n) is 7.63. The number of halogens is 3. The van der Waals surface area contributed by atoms with Gasteiger partial charge in [0.1, 0.15) is 0 Å². The van der Waals surface area contributed by atoms with Gasteiger partial charge in [0, 0.05) is 25.6 Å². The molecule has 0 saturated carbocycles. The first kappa shape index (κ1) is 16.3. The molecule has 0 radical (unpaired) electrons. The number of benzene rings is 1. The number of fused-ring (bicyclic) bond motifs is 3. The molecule has 126 valence electrons. The van der Waals surface area contributed by atoms with Gasteiger partial charge < -0.3 is 9.64 Å². The molecule has 1 aromatic rings. The topological polar surface area (TPSA) is 32.8 Å². The second-order valence-corrected chi connectivity index (χ2v) is 6.35. The maximum atomic E-state index is 13.3. The van der Waals surface area contributed by atoms with E-state index < -0.39 is 17.5 Å². The quantitative estimate of drug-likeness (QED) is 0.770. The zero-order valence-electron chi connectivity index (χ0n) is 12.9. The van der Waals surface area contributed by atoms with Crippen LogP contribution in [-0.2, 0) is 16.0 Å². The lowest BCUT2D eigenvalue weighted by atomic mass is 10.1. The normalized spacial score (nSPS) is 25.3. The summed E-state index contributed by atoms with van der Waals surface area (Å²) in [6.45, 7) is 3.11. The zero-order chi connectivity index (χ0) is 16.6.